The van der Waals surface area contributed by atoms with Gasteiger partial charge in [0.2, 0.25) is 0 Å². The minimum Gasteiger partial charge on any atom is -0.399 e. The van der Waals surface area contributed by atoms with Crippen molar-refractivity contribution in [3.63, 3.8) is 0 Å². The van der Waals surface area contributed by atoms with Crippen LogP contribution in [0.1, 0.15) is 33.4 Å². The number of hydrogen-bond donors (Lipinski definition) is 0. The van der Waals surface area contributed by atoms with Gasteiger partial charge in [0.05, 0.1) is 28.8 Å². The van der Waals surface area contributed by atoms with Crippen molar-refractivity contribution in [2.45, 2.75) is 45.8 Å². The molecule has 1 aliphatic rings. The van der Waals surface area contributed by atoms with Gasteiger partial charge in [-0.3, -0.25) is 4.98 Å². The topological polar surface area (TPSA) is 49.2 Å². The van der Waals surface area contributed by atoms with Crippen molar-refractivity contribution in [2.75, 3.05) is 0 Å². The molecule has 1 saturated heterocycles. The maximum atomic E-state index is 6.09. The first kappa shape index (κ1) is 14.3. The second kappa shape index (κ2) is 4.68. The van der Waals surface area contributed by atoms with Crippen molar-refractivity contribution in [3.05, 3.63) is 36.4 Å². The quantitative estimate of drug-likeness (QED) is 0.790. The SMILES string of the molecule is Cc1nn(-c2cccnc2)cc1B1OC(C)(C)C(C)(C)O1. The monoisotopic (exact) mass is 285 g/mol. The summed E-state index contributed by atoms with van der Waals surface area (Å²) in [5.41, 5.74) is 2.08. The lowest BCUT2D eigenvalue weighted by molar-refractivity contribution is 0.00578. The molecule has 3 heterocycles. The first-order valence-corrected chi connectivity index (χ1v) is 7.12. The molecule has 6 heteroatoms. The van der Waals surface area contributed by atoms with Crippen LogP contribution in [0.3, 0.4) is 0 Å². The third-order valence-electron chi connectivity index (χ3n) is 4.35. The fraction of sp³-hybridized carbons (Fsp3) is 0.467. The number of aryl methyl sites for hydroxylation is 1. The van der Waals surface area contributed by atoms with Gasteiger partial charge in [-0.25, -0.2) is 4.68 Å². The van der Waals surface area contributed by atoms with Gasteiger partial charge in [0, 0.05) is 17.9 Å². The molecule has 0 amide bonds. The molecule has 2 aromatic rings. The predicted molar refractivity (Wildman–Crippen MR) is 81.8 cm³/mol. The molecular weight excluding hydrogens is 265 g/mol. The van der Waals surface area contributed by atoms with E-state index in [0.29, 0.717) is 0 Å². The summed E-state index contributed by atoms with van der Waals surface area (Å²) in [6.07, 6.45) is 5.48. The molecule has 21 heavy (non-hydrogen) atoms. The molecule has 0 unspecified atom stereocenters. The first-order valence-electron chi connectivity index (χ1n) is 7.12. The van der Waals surface area contributed by atoms with Gasteiger partial charge in [0.15, 0.2) is 0 Å². The molecule has 110 valence electrons. The van der Waals surface area contributed by atoms with Crippen LogP contribution in [-0.2, 0) is 9.31 Å². The highest BCUT2D eigenvalue weighted by Gasteiger charge is 2.52. The zero-order valence-corrected chi connectivity index (χ0v) is 13.1. The second-order valence-electron chi connectivity index (χ2n) is 6.41. The Bertz CT molecular complexity index is 636. The largest absolute Gasteiger partial charge is 0.498 e. The molecule has 0 N–H and O–H groups in total. The summed E-state index contributed by atoms with van der Waals surface area (Å²) in [6.45, 7) is 10.2. The Kier molecular flexibility index (Phi) is 3.18. The molecule has 0 aliphatic carbocycles. The van der Waals surface area contributed by atoms with Crippen LogP contribution in [0.2, 0.25) is 0 Å². The van der Waals surface area contributed by atoms with Crippen molar-refractivity contribution in [1.82, 2.24) is 14.8 Å². The summed E-state index contributed by atoms with van der Waals surface area (Å²) in [4.78, 5) is 4.12. The highest BCUT2D eigenvalue weighted by Crippen LogP contribution is 2.36. The normalized spacial score (nSPS) is 20.0. The fourth-order valence-electron chi connectivity index (χ4n) is 2.30. The smallest absolute Gasteiger partial charge is 0.399 e. The van der Waals surface area contributed by atoms with Gasteiger partial charge in [0.25, 0.3) is 0 Å². The van der Waals surface area contributed by atoms with Gasteiger partial charge in [-0.15, -0.1) is 0 Å². The molecule has 0 radical (unpaired) electrons. The average Bonchev–Trinajstić information content (AvgIpc) is 2.89. The molecule has 1 fully saturated rings. The number of pyridine rings is 1. The predicted octanol–water partition coefficient (Wildman–Crippen LogP) is 1.87. The molecule has 0 aromatic carbocycles. The van der Waals surface area contributed by atoms with E-state index in [0.717, 1.165) is 16.8 Å². The van der Waals surface area contributed by atoms with Gasteiger partial charge in [-0.05, 0) is 46.8 Å². The maximum Gasteiger partial charge on any atom is 0.498 e. The minimum atomic E-state index is -0.388. The van der Waals surface area contributed by atoms with Crippen LogP contribution < -0.4 is 5.46 Å². The summed E-state index contributed by atoms with van der Waals surface area (Å²) in [7, 11) is -0.388. The molecule has 0 bridgehead atoms. The van der Waals surface area contributed by atoms with Crippen LogP contribution in [0.15, 0.2) is 30.7 Å². The van der Waals surface area contributed by atoms with E-state index in [2.05, 4.69) is 10.1 Å². The molecule has 2 aromatic heterocycles. The van der Waals surface area contributed by atoms with E-state index < -0.39 is 0 Å². The van der Waals surface area contributed by atoms with Gasteiger partial charge in [-0.1, -0.05) is 0 Å². The second-order valence-corrected chi connectivity index (χ2v) is 6.41. The Hall–Kier alpha value is -1.66. The minimum absolute atomic E-state index is 0.347. The van der Waals surface area contributed by atoms with Crippen LogP contribution in [0.4, 0.5) is 0 Å². The maximum absolute atomic E-state index is 6.09. The van der Waals surface area contributed by atoms with Crippen LogP contribution in [0.25, 0.3) is 5.69 Å². The van der Waals surface area contributed by atoms with Crippen LogP contribution in [0, 0.1) is 6.92 Å². The molecule has 0 saturated carbocycles. The standard InChI is InChI=1S/C15H20BN3O2/c1-11-13(16-20-14(2,3)15(4,5)21-16)10-19(18-11)12-7-6-8-17-9-12/h6-10H,1-5H3. The molecule has 3 rings (SSSR count). The van der Waals surface area contributed by atoms with Crippen molar-refractivity contribution in [2.24, 2.45) is 0 Å². The Labute approximate surface area is 125 Å². The summed E-state index contributed by atoms with van der Waals surface area (Å²) in [5.74, 6) is 0. The Morgan fingerprint density at radius 3 is 2.38 bits per heavy atom. The number of nitrogens with zero attached hydrogens (tertiary/aromatic N) is 3. The third kappa shape index (κ3) is 2.38. The number of hydrogen-bond acceptors (Lipinski definition) is 4. The zero-order valence-electron chi connectivity index (χ0n) is 13.1. The van der Waals surface area contributed by atoms with E-state index in [9.17, 15) is 0 Å². The summed E-state index contributed by atoms with van der Waals surface area (Å²) < 4.78 is 14.0. The fourth-order valence-corrected chi connectivity index (χ4v) is 2.30. The van der Waals surface area contributed by atoms with Crippen molar-refractivity contribution < 1.29 is 9.31 Å². The van der Waals surface area contributed by atoms with Gasteiger partial charge in [0.1, 0.15) is 0 Å². The summed E-state index contributed by atoms with van der Waals surface area (Å²) >= 11 is 0. The highest BCUT2D eigenvalue weighted by atomic mass is 16.7. The van der Waals surface area contributed by atoms with Crippen molar-refractivity contribution in [1.29, 1.82) is 0 Å². The average molecular weight is 285 g/mol. The molecular formula is C15H20BN3O2. The summed E-state index contributed by atoms with van der Waals surface area (Å²) in [5, 5.41) is 4.54. The zero-order chi connectivity index (χ0) is 15.3. The first-order chi connectivity index (χ1) is 9.80. The van der Waals surface area contributed by atoms with Gasteiger partial charge in [-0.2, -0.15) is 5.10 Å². The van der Waals surface area contributed by atoms with Crippen LogP contribution in [-0.4, -0.2) is 33.1 Å². The highest BCUT2D eigenvalue weighted by molar-refractivity contribution is 6.62. The van der Waals surface area contributed by atoms with E-state index in [1.54, 1.807) is 12.4 Å². The van der Waals surface area contributed by atoms with E-state index in [4.69, 9.17) is 9.31 Å². The molecule has 0 atom stereocenters. The molecule has 0 spiro atoms. The number of rotatable bonds is 2. The van der Waals surface area contributed by atoms with E-state index in [1.165, 1.54) is 0 Å². The van der Waals surface area contributed by atoms with Crippen LogP contribution >= 0.6 is 0 Å². The van der Waals surface area contributed by atoms with E-state index >= 15 is 0 Å². The van der Waals surface area contributed by atoms with Gasteiger partial charge < -0.3 is 9.31 Å². The molecule has 5 nitrogen and oxygen atoms in total. The Morgan fingerprint density at radius 1 is 1.14 bits per heavy atom. The van der Waals surface area contributed by atoms with Gasteiger partial charge >= 0.3 is 7.12 Å². The lowest BCUT2D eigenvalue weighted by atomic mass is 9.79. The Balaban J connectivity index is 1.93. The third-order valence-corrected chi connectivity index (χ3v) is 4.35. The lowest BCUT2D eigenvalue weighted by Crippen LogP contribution is -2.41. The lowest BCUT2D eigenvalue weighted by Gasteiger charge is -2.32. The van der Waals surface area contributed by atoms with E-state index in [1.807, 2.05) is 57.6 Å². The van der Waals surface area contributed by atoms with Crippen molar-refractivity contribution in [3.8, 4) is 5.69 Å². The Morgan fingerprint density at radius 2 is 1.81 bits per heavy atom. The molecule has 1 aliphatic heterocycles. The van der Waals surface area contributed by atoms with E-state index in [-0.39, 0.29) is 18.3 Å². The van der Waals surface area contributed by atoms with Crippen molar-refractivity contribution >= 4 is 12.6 Å². The summed E-state index contributed by atoms with van der Waals surface area (Å²) in [6, 6.07) is 3.86. The van der Waals surface area contributed by atoms with Crippen LogP contribution in [0.5, 0.6) is 0 Å². The number of aromatic nitrogens is 3.